The Morgan fingerprint density at radius 2 is 1.87 bits per heavy atom. The first-order valence-electron chi connectivity index (χ1n) is 14.4. The molecule has 0 spiro atoms. The van der Waals surface area contributed by atoms with Crippen molar-refractivity contribution in [1.82, 2.24) is 15.5 Å². The van der Waals surface area contributed by atoms with Gasteiger partial charge in [0.1, 0.15) is 5.75 Å². The van der Waals surface area contributed by atoms with Crippen LogP contribution in [0.15, 0.2) is 18.2 Å². The van der Waals surface area contributed by atoms with E-state index in [1.54, 1.807) is 23.1 Å². The molecule has 9 nitrogen and oxygen atoms in total. The van der Waals surface area contributed by atoms with Gasteiger partial charge in [-0.1, -0.05) is 26.2 Å². The van der Waals surface area contributed by atoms with Crippen molar-refractivity contribution in [2.75, 3.05) is 38.7 Å². The number of ether oxygens (including phenoxy) is 2. The van der Waals surface area contributed by atoms with E-state index in [9.17, 15) is 14.7 Å². The van der Waals surface area contributed by atoms with Crippen molar-refractivity contribution < 1.29 is 24.2 Å². The van der Waals surface area contributed by atoms with E-state index in [4.69, 9.17) is 9.47 Å². The summed E-state index contributed by atoms with van der Waals surface area (Å²) in [5.41, 5.74) is 0.909. The molecule has 1 fully saturated rings. The Morgan fingerprint density at radius 1 is 1.13 bits per heavy atom. The first kappa shape index (κ1) is 30.2. The molecule has 0 unspecified atom stereocenters. The third-order valence-corrected chi connectivity index (χ3v) is 7.66. The number of amides is 3. The fraction of sp³-hybridized carbons (Fsp3) is 0.724. The van der Waals surface area contributed by atoms with E-state index >= 15 is 0 Å². The zero-order valence-corrected chi connectivity index (χ0v) is 23.6. The summed E-state index contributed by atoms with van der Waals surface area (Å²) >= 11 is 0. The number of anilines is 1. The largest absolute Gasteiger partial charge is 0.490 e. The average molecular weight is 533 g/mol. The number of nitrogens with one attached hydrogen (secondary N) is 3. The zero-order chi connectivity index (χ0) is 27.5. The molecule has 0 bridgehead atoms. The lowest BCUT2D eigenvalue weighted by Gasteiger charge is -2.34. The highest BCUT2D eigenvalue weighted by Crippen LogP contribution is 2.28. The van der Waals surface area contributed by atoms with Gasteiger partial charge in [0.2, 0.25) is 0 Å². The minimum absolute atomic E-state index is 0.0363. The van der Waals surface area contributed by atoms with Crippen LogP contribution in [-0.4, -0.2) is 79.6 Å². The van der Waals surface area contributed by atoms with Crippen LogP contribution in [-0.2, 0) is 4.74 Å². The molecule has 0 saturated heterocycles. The number of aliphatic hydroxyl groups excluding tert-OH is 1. The van der Waals surface area contributed by atoms with Crippen molar-refractivity contribution in [2.24, 2.45) is 5.92 Å². The van der Waals surface area contributed by atoms with Crippen LogP contribution in [0, 0.1) is 5.92 Å². The lowest BCUT2D eigenvalue weighted by Crippen LogP contribution is -2.47. The number of fused-ring (bicyclic) bond motifs is 1. The maximum Gasteiger partial charge on any atom is 0.319 e. The maximum absolute atomic E-state index is 14.0. The van der Waals surface area contributed by atoms with Gasteiger partial charge in [0, 0.05) is 37.3 Å². The van der Waals surface area contributed by atoms with E-state index in [1.807, 2.05) is 20.9 Å². The number of carbonyl (C=O) groups is 2. The summed E-state index contributed by atoms with van der Waals surface area (Å²) in [4.78, 5) is 28.4. The minimum Gasteiger partial charge on any atom is -0.490 e. The van der Waals surface area contributed by atoms with Gasteiger partial charge in [-0.15, -0.1) is 0 Å². The molecule has 9 heteroatoms. The highest BCUT2D eigenvalue weighted by molar-refractivity contribution is 5.99. The topological polar surface area (TPSA) is 112 Å². The van der Waals surface area contributed by atoms with Crippen molar-refractivity contribution in [2.45, 2.75) is 96.4 Å². The van der Waals surface area contributed by atoms with Crippen LogP contribution in [0.1, 0.15) is 82.5 Å². The fourth-order valence-corrected chi connectivity index (χ4v) is 5.29. The van der Waals surface area contributed by atoms with Crippen LogP contribution in [0.4, 0.5) is 10.5 Å². The Kier molecular flexibility index (Phi) is 12.1. The third kappa shape index (κ3) is 8.85. The molecule has 38 heavy (non-hydrogen) atoms. The van der Waals surface area contributed by atoms with Gasteiger partial charge in [-0.05, 0) is 71.2 Å². The molecular formula is C29H48N4O5. The molecule has 1 saturated carbocycles. The van der Waals surface area contributed by atoms with E-state index in [0.717, 1.165) is 44.9 Å². The molecule has 1 aliphatic heterocycles. The smallest absolute Gasteiger partial charge is 0.319 e. The van der Waals surface area contributed by atoms with Crippen LogP contribution in [0.3, 0.4) is 0 Å². The van der Waals surface area contributed by atoms with E-state index in [-0.39, 0.29) is 42.7 Å². The van der Waals surface area contributed by atoms with Crippen molar-refractivity contribution in [3.63, 3.8) is 0 Å². The number of rotatable bonds is 6. The van der Waals surface area contributed by atoms with Crippen LogP contribution >= 0.6 is 0 Å². The average Bonchev–Trinajstić information content (AvgIpc) is 2.90. The summed E-state index contributed by atoms with van der Waals surface area (Å²) in [5, 5.41) is 19.2. The SMILES string of the molecule is CNC[C@H]1OCCCC[C@@H](C)Oc2ccc(NC(=O)NC3CCCCC3)cc2C(=O)N([C@H](C)CO)C[C@@H]1C. The molecule has 4 N–H and O–H groups in total. The van der Waals surface area contributed by atoms with E-state index < -0.39 is 6.04 Å². The lowest BCUT2D eigenvalue weighted by atomic mass is 9.96. The number of carbonyl (C=O) groups excluding carboxylic acids is 2. The summed E-state index contributed by atoms with van der Waals surface area (Å²) in [6, 6.07) is 4.76. The van der Waals surface area contributed by atoms with Gasteiger partial charge in [0.25, 0.3) is 5.91 Å². The number of benzene rings is 1. The second-order valence-corrected chi connectivity index (χ2v) is 11.0. The summed E-state index contributed by atoms with van der Waals surface area (Å²) in [7, 11) is 1.90. The monoisotopic (exact) mass is 532 g/mol. The Labute approximate surface area is 228 Å². The second-order valence-electron chi connectivity index (χ2n) is 11.0. The highest BCUT2D eigenvalue weighted by Gasteiger charge is 2.30. The Bertz CT molecular complexity index is 892. The van der Waals surface area contributed by atoms with Crippen molar-refractivity contribution >= 4 is 17.6 Å². The number of hydrogen-bond donors (Lipinski definition) is 4. The molecular weight excluding hydrogens is 484 g/mol. The molecule has 0 radical (unpaired) electrons. The van der Waals surface area contributed by atoms with Crippen LogP contribution in [0.2, 0.25) is 0 Å². The predicted octanol–water partition coefficient (Wildman–Crippen LogP) is 4.16. The molecule has 2 aliphatic rings. The standard InChI is InChI=1S/C29H48N4O5/c1-20-18-33(21(2)19-34)28(35)25-16-24(32-29(36)31-23-11-6-5-7-12-23)13-14-26(25)38-22(3)10-8-9-15-37-27(20)17-30-4/h13-14,16,20-23,27,30,34H,5-12,15,17-19H2,1-4H3,(H2,31,32,36)/t20-,21+,22+,27+/m0/s1. The third-order valence-electron chi connectivity index (χ3n) is 7.66. The summed E-state index contributed by atoms with van der Waals surface area (Å²) in [6.07, 6.45) is 8.04. The van der Waals surface area contributed by atoms with Gasteiger partial charge in [0.05, 0.1) is 30.4 Å². The van der Waals surface area contributed by atoms with Crippen LogP contribution < -0.4 is 20.7 Å². The molecule has 1 heterocycles. The van der Waals surface area contributed by atoms with Gasteiger partial charge in [0.15, 0.2) is 0 Å². The molecule has 3 amide bonds. The number of nitrogens with zero attached hydrogens (tertiary/aromatic N) is 1. The Balaban J connectivity index is 1.89. The molecule has 3 rings (SSSR count). The number of likely N-dealkylation sites (N-methyl/N-ethyl adjacent to an activating group) is 1. The summed E-state index contributed by atoms with van der Waals surface area (Å²) < 4.78 is 12.5. The van der Waals surface area contributed by atoms with Crippen molar-refractivity contribution in [1.29, 1.82) is 0 Å². The van der Waals surface area contributed by atoms with Crippen LogP contribution in [0.25, 0.3) is 0 Å². The first-order chi connectivity index (χ1) is 18.3. The van der Waals surface area contributed by atoms with Crippen molar-refractivity contribution in [3.05, 3.63) is 23.8 Å². The van der Waals surface area contributed by atoms with Gasteiger partial charge in [-0.25, -0.2) is 4.79 Å². The summed E-state index contributed by atoms with van der Waals surface area (Å²) in [6.45, 7) is 7.51. The maximum atomic E-state index is 14.0. The fourth-order valence-electron chi connectivity index (χ4n) is 5.29. The molecule has 1 aromatic rings. The van der Waals surface area contributed by atoms with Crippen LogP contribution in [0.5, 0.6) is 5.75 Å². The molecule has 1 aliphatic carbocycles. The normalized spacial score (nSPS) is 25.0. The Morgan fingerprint density at radius 3 is 2.58 bits per heavy atom. The molecule has 1 aromatic carbocycles. The Hall–Kier alpha value is -2.36. The number of hydrogen-bond acceptors (Lipinski definition) is 6. The number of aliphatic hydroxyl groups is 1. The van der Waals surface area contributed by atoms with Gasteiger partial charge < -0.3 is 35.4 Å². The molecule has 4 atom stereocenters. The molecule has 214 valence electrons. The minimum atomic E-state index is -0.399. The highest BCUT2D eigenvalue weighted by atomic mass is 16.5. The second kappa shape index (κ2) is 15.3. The zero-order valence-electron chi connectivity index (χ0n) is 23.6. The molecule has 0 aromatic heterocycles. The van der Waals surface area contributed by atoms with Gasteiger partial charge >= 0.3 is 6.03 Å². The van der Waals surface area contributed by atoms with E-state index in [1.165, 1.54) is 6.42 Å². The predicted molar refractivity (Wildman–Crippen MR) is 150 cm³/mol. The quantitative estimate of drug-likeness (QED) is 0.438. The first-order valence-corrected chi connectivity index (χ1v) is 14.4. The van der Waals surface area contributed by atoms with E-state index in [0.29, 0.717) is 36.7 Å². The van der Waals surface area contributed by atoms with Gasteiger partial charge in [-0.3, -0.25) is 4.79 Å². The lowest BCUT2D eigenvalue weighted by molar-refractivity contribution is -0.000451. The van der Waals surface area contributed by atoms with E-state index in [2.05, 4.69) is 22.9 Å². The van der Waals surface area contributed by atoms with Crippen molar-refractivity contribution in [3.8, 4) is 5.75 Å². The van der Waals surface area contributed by atoms with Gasteiger partial charge in [-0.2, -0.15) is 0 Å². The summed E-state index contributed by atoms with van der Waals surface area (Å²) in [5.74, 6) is 0.287. The number of urea groups is 1.